The summed E-state index contributed by atoms with van der Waals surface area (Å²) < 4.78 is 6.54. The number of imidazole rings is 1. The van der Waals surface area contributed by atoms with E-state index in [9.17, 15) is 4.79 Å². The maximum atomic E-state index is 11.3. The van der Waals surface area contributed by atoms with E-state index in [0.717, 1.165) is 0 Å². The molecule has 0 unspecified atom stereocenters. The molecule has 0 fully saturated rings. The lowest BCUT2D eigenvalue weighted by Crippen LogP contribution is -2.10. The van der Waals surface area contributed by atoms with Crippen molar-refractivity contribution in [3.63, 3.8) is 0 Å². The van der Waals surface area contributed by atoms with Gasteiger partial charge in [0.25, 0.3) is 0 Å². The second kappa shape index (κ2) is 4.13. The van der Waals surface area contributed by atoms with Crippen molar-refractivity contribution >= 4 is 11.8 Å². The second-order valence-electron chi connectivity index (χ2n) is 3.20. The van der Waals surface area contributed by atoms with Crippen molar-refractivity contribution in [3.8, 4) is 0 Å². The van der Waals surface area contributed by atoms with E-state index in [-0.39, 0.29) is 11.7 Å². The average molecular weight is 197 g/mol. The van der Waals surface area contributed by atoms with Crippen LogP contribution in [0.5, 0.6) is 0 Å². The van der Waals surface area contributed by atoms with Gasteiger partial charge in [-0.2, -0.15) is 0 Å². The quantitative estimate of drug-likeness (QED) is 0.740. The summed E-state index contributed by atoms with van der Waals surface area (Å²) in [5, 5.41) is 0. The molecule has 0 amide bonds. The van der Waals surface area contributed by atoms with Crippen molar-refractivity contribution in [1.82, 2.24) is 9.55 Å². The number of nitrogens with zero attached hydrogens (tertiary/aromatic N) is 2. The first kappa shape index (κ1) is 10.6. The Labute approximate surface area is 82.9 Å². The van der Waals surface area contributed by atoms with Crippen LogP contribution in [0, 0.1) is 0 Å². The third-order valence-electron chi connectivity index (χ3n) is 1.86. The fourth-order valence-electron chi connectivity index (χ4n) is 1.14. The maximum absolute atomic E-state index is 11.3. The lowest BCUT2D eigenvalue weighted by molar-refractivity contribution is 0.0521. The molecule has 5 heteroatoms. The van der Waals surface area contributed by atoms with Gasteiger partial charge in [-0.3, -0.25) is 0 Å². The zero-order valence-electron chi connectivity index (χ0n) is 8.65. The first-order valence-electron chi connectivity index (χ1n) is 4.57. The Balaban J connectivity index is 2.95. The van der Waals surface area contributed by atoms with Crippen LogP contribution in [0.4, 0.5) is 5.82 Å². The predicted molar refractivity (Wildman–Crippen MR) is 53.0 cm³/mol. The minimum Gasteiger partial charge on any atom is -0.461 e. The number of esters is 1. The lowest BCUT2D eigenvalue weighted by atomic mass is 10.3. The molecule has 0 aliphatic heterocycles. The lowest BCUT2D eigenvalue weighted by Gasteiger charge is -2.08. The maximum Gasteiger partial charge on any atom is 0.360 e. The highest BCUT2D eigenvalue weighted by atomic mass is 16.5. The number of hydrogen-bond acceptors (Lipinski definition) is 4. The number of carbonyl (C=O) groups is 1. The van der Waals surface area contributed by atoms with Crippen molar-refractivity contribution in [2.24, 2.45) is 0 Å². The van der Waals surface area contributed by atoms with Gasteiger partial charge in [-0.1, -0.05) is 0 Å². The highest BCUT2D eigenvalue weighted by Crippen LogP contribution is 2.16. The molecule has 78 valence electrons. The first-order valence-corrected chi connectivity index (χ1v) is 4.57. The molecule has 1 aromatic rings. The van der Waals surface area contributed by atoms with Crippen LogP contribution in [-0.2, 0) is 4.74 Å². The van der Waals surface area contributed by atoms with E-state index in [2.05, 4.69) is 4.98 Å². The smallest absolute Gasteiger partial charge is 0.360 e. The van der Waals surface area contributed by atoms with E-state index in [4.69, 9.17) is 10.5 Å². The number of aromatic nitrogens is 2. The largest absolute Gasteiger partial charge is 0.461 e. The van der Waals surface area contributed by atoms with Crippen molar-refractivity contribution in [1.29, 1.82) is 0 Å². The van der Waals surface area contributed by atoms with E-state index in [1.165, 1.54) is 0 Å². The normalized spacial score (nSPS) is 10.6. The molecule has 2 N–H and O–H groups in total. The summed E-state index contributed by atoms with van der Waals surface area (Å²) in [6, 6.07) is 0.186. The molecule has 0 saturated carbocycles. The molecule has 0 spiro atoms. The summed E-state index contributed by atoms with van der Waals surface area (Å²) in [6.07, 6.45) is 1.55. The fourth-order valence-corrected chi connectivity index (χ4v) is 1.14. The molecule has 0 saturated heterocycles. The first-order chi connectivity index (χ1) is 6.57. The molecular formula is C9H15N3O2. The molecule has 0 aliphatic carbocycles. The van der Waals surface area contributed by atoms with Gasteiger partial charge in [0.15, 0.2) is 5.69 Å². The topological polar surface area (TPSA) is 70.1 Å². The van der Waals surface area contributed by atoms with Gasteiger partial charge in [0, 0.05) is 6.04 Å². The monoisotopic (exact) mass is 197 g/mol. The number of carbonyl (C=O) groups excluding carboxylic acids is 1. The zero-order valence-corrected chi connectivity index (χ0v) is 8.65. The van der Waals surface area contributed by atoms with E-state index in [1.807, 2.05) is 13.8 Å². The molecule has 1 heterocycles. The molecular weight excluding hydrogens is 182 g/mol. The summed E-state index contributed by atoms with van der Waals surface area (Å²) in [5.74, 6) is -0.108. The molecule has 5 nitrogen and oxygen atoms in total. The van der Waals surface area contributed by atoms with Crippen LogP contribution in [0.25, 0.3) is 0 Å². The van der Waals surface area contributed by atoms with Gasteiger partial charge in [0.1, 0.15) is 5.82 Å². The van der Waals surface area contributed by atoms with Crippen molar-refractivity contribution in [2.75, 3.05) is 12.3 Å². The third-order valence-corrected chi connectivity index (χ3v) is 1.86. The van der Waals surface area contributed by atoms with Crippen LogP contribution in [0.2, 0.25) is 0 Å². The van der Waals surface area contributed by atoms with Crippen LogP contribution >= 0.6 is 0 Å². The number of hydrogen-bond donors (Lipinski definition) is 1. The summed E-state index contributed by atoms with van der Waals surface area (Å²) in [7, 11) is 0. The van der Waals surface area contributed by atoms with Gasteiger partial charge in [-0.15, -0.1) is 0 Å². The zero-order chi connectivity index (χ0) is 10.7. The number of nitrogen functional groups attached to an aromatic ring is 1. The number of anilines is 1. The number of nitrogens with two attached hydrogens (primary N) is 1. The van der Waals surface area contributed by atoms with E-state index in [0.29, 0.717) is 12.4 Å². The number of rotatable bonds is 3. The molecule has 0 radical (unpaired) electrons. The van der Waals surface area contributed by atoms with Gasteiger partial charge in [0.05, 0.1) is 12.9 Å². The van der Waals surface area contributed by atoms with Gasteiger partial charge in [-0.25, -0.2) is 9.78 Å². The summed E-state index contributed by atoms with van der Waals surface area (Å²) in [6.45, 7) is 6.00. The molecule has 1 rings (SSSR count). The van der Waals surface area contributed by atoms with E-state index < -0.39 is 5.97 Å². The van der Waals surface area contributed by atoms with Gasteiger partial charge in [-0.05, 0) is 20.8 Å². The molecule has 0 aliphatic rings. The van der Waals surface area contributed by atoms with Crippen LogP contribution < -0.4 is 5.73 Å². The molecule has 14 heavy (non-hydrogen) atoms. The highest BCUT2D eigenvalue weighted by molar-refractivity contribution is 5.92. The Bertz CT molecular complexity index is 331. The minimum atomic E-state index is -0.468. The predicted octanol–water partition coefficient (Wildman–Crippen LogP) is 1.22. The molecule has 1 aromatic heterocycles. The van der Waals surface area contributed by atoms with Crippen LogP contribution in [-0.4, -0.2) is 22.1 Å². The summed E-state index contributed by atoms with van der Waals surface area (Å²) >= 11 is 0. The van der Waals surface area contributed by atoms with Gasteiger partial charge in [0.2, 0.25) is 0 Å². The Morgan fingerprint density at radius 1 is 1.71 bits per heavy atom. The third kappa shape index (κ3) is 1.86. The standard InChI is InChI=1S/C9H15N3O2/c1-4-14-9(13)7-8(10)12(5-11-7)6(2)3/h5-6H,4,10H2,1-3H3. The molecule has 0 atom stereocenters. The highest BCUT2D eigenvalue weighted by Gasteiger charge is 2.17. The summed E-state index contributed by atoms with van der Waals surface area (Å²) in [5.41, 5.74) is 5.93. The Morgan fingerprint density at radius 3 is 2.79 bits per heavy atom. The Hall–Kier alpha value is -1.52. The average Bonchev–Trinajstić information content (AvgIpc) is 2.47. The summed E-state index contributed by atoms with van der Waals surface area (Å²) in [4.78, 5) is 15.2. The van der Waals surface area contributed by atoms with E-state index in [1.54, 1.807) is 17.8 Å². The van der Waals surface area contributed by atoms with E-state index >= 15 is 0 Å². The van der Waals surface area contributed by atoms with Gasteiger partial charge < -0.3 is 15.0 Å². The molecule has 0 bridgehead atoms. The minimum absolute atomic E-state index is 0.186. The Morgan fingerprint density at radius 2 is 2.36 bits per heavy atom. The van der Waals surface area contributed by atoms with Crippen LogP contribution in [0.15, 0.2) is 6.33 Å². The molecule has 0 aromatic carbocycles. The van der Waals surface area contributed by atoms with Crippen LogP contribution in [0.1, 0.15) is 37.3 Å². The number of ether oxygens (including phenoxy) is 1. The Kier molecular flexibility index (Phi) is 3.11. The SMILES string of the molecule is CCOC(=O)c1ncn(C(C)C)c1N. The fraction of sp³-hybridized carbons (Fsp3) is 0.556. The van der Waals surface area contributed by atoms with Crippen LogP contribution in [0.3, 0.4) is 0 Å². The van der Waals surface area contributed by atoms with Crippen molar-refractivity contribution in [3.05, 3.63) is 12.0 Å². The van der Waals surface area contributed by atoms with Gasteiger partial charge >= 0.3 is 5.97 Å². The van der Waals surface area contributed by atoms with Crippen molar-refractivity contribution < 1.29 is 9.53 Å². The second-order valence-corrected chi connectivity index (χ2v) is 3.20. The van der Waals surface area contributed by atoms with Crippen molar-refractivity contribution in [2.45, 2.75) is 26.8 Å².